The van der Waals surface area contributed by atoms with E-state index >= 15 is 0 Å². The molecule has 1 aliphatic carbocycles. The van der Waals surface area contributed by atoms with Crippen LogP contribution in [0.5, 0.6) is 0 Å². The molecule has 0 fully saturated rings. The van der Waals surface area contributed by atoms with E-state index in [0.29, 0.717) is 0 Å². The number of aryl methyl sites for hydroxylation is 1. The third kappa shape index (κ3) is 4.16. The lowest BCUT2D eigenvalue weighted by molar-refractivity contribution is 0.705. The molecule has 0 saturated heterocycles. The van der Waals surface area contributed by atoms with E-state index in [2.05, 4.69) is 159 Å². The van der Waals surface area contributed by atoms with Crippen LogP contribution < -0.4 is 0 Å². The van der Waals surface area contributed by atoms with Gasteiger partial charge in [-0.3, -0.25) is 9.97 Å². The summed E-state index contributed by atoms with van der Waals surface area (Å²) >= 11 is 1.79. The minimum atomic E-state index is -0.668. The van der Waals surface area contributed by atoms with Crippen LogP contribution in [0.15, 0.2) is 140 Å². The molecule has 3 heterocycles. The Morgan fingerprint density at radius 1 is 0.636 bits per heavy atom. The van der Waals surface area contributed by atoms with Crippen LogP contribution in [-0.2, 0) is 5.41 Å². The molecular weight excluding hydrogens is 553 g/mol. The Balaban J connectivity index is 1.38. The van der Waals surface area contributed by atoms with Crippen molar-refractivity contribution in [1.29, 1.82) is 0 Å². The molecule has 7 aromatic rings. The Kier molecular flexibility index (Phi) is 6.36. The molecule has 0 unspecified atom stereocenters. The Morgan fingerprint density at radius 2 is 1.27 bits per heavy atom. The van der Waals surface area contributed by atoms with Crippen molar-refractivity contribution in [1.82, 2.24) is 9.97 Å². The van der Waals surface area contributed by atoms with Crippen LogP contribution in [0, 0.1) is 6.92 Å². The quantitative estimate of drug-likeness (QED) is 0.202. The average Bonchev–Trinajstić information content (AvgIpc) is 3.64. The van der Waals surface area contributed by atoms with E-state index in [1.54, 1.807) is 11.3 Å². The third-order valence-corrected chi connectivity index (χ3v) is 10.00. The zero-order chi connectivity index (χ0) is 29.7. The number of nitrogens with zero attached hydrogens (tertiary/aromatic N) is 2. The number of fused-ring (bicyclic) bond motifs is 4. The van der Waals surface area contributed by atoms with Gasteiger partial charge in [-0.2, -0.15) is 0 Å². The number of pyridine rings is 2. The maximum atomic E-state index is 5.48. The molecule has 2 nitrogen and oxygen atoms in total. The van der Waals surface area contributed by atoms with Crippen LogP contribution >= 0.6 is 11.3 Å². The van der Waals surface area contributed by atoms with Gasteiger partial charge in [0, 0.05) is 4.70 Å². The molecule has 1 aliphatic rings. The van der Waals surface area contributed by atoms with Gasteiger partial charge in [0.05, 0.1) is 27.7 Å². The van der Waals surface area contributed by atoms with E-state index in [0.717, 1.165) is 28.3 Å². The van der Waals surface area contributed by atoms with Crippen molar-refractivity contribution in [2.45, 2.75) is 19.3 Å². The molecule has 0 saturated carbocycles. The minimum Gasteiger partial charge on any atom is -0.251 e. The number of benzene rings is 4. The van der Waals surface area contributed by atoms with Gasteiger partial charge in [-0.25, -0.2) is 0 Å². The van der Waals surface area contributed by atoms with Crippen LogP contribution in [0.25, 0.3) is 43.4 Å². The largest absolute Gasteiger partial charge is 0.251 e. The molecule has 0 bridgehead atoms. The molecule has 0 atom stereocenters. The summed E-state index contributed by atoms with van der Waals surface area (Å²) in [6, 6.07) is 49.7. The molecule has 0 aliphatic heterocycles. The summed E-state index contributed by atoms with van der Waals surface area (Å²) in [5, 5.41) is 1.25. The van der Waals surface area contributed by atoms with Crippen molar-refractivity contribution in [3.63, 3.8) is 0 Å². The minimum absolute atomic E-state index is 0.668. The standard InChI is InChI=1S/C41H30N2S/c1-27-13-3-4-14-29(27)25-28(2)35-20-11-23-39(42-35)41(33-18-8-6-16-31(33)32-17-7-9-19-34(32)41)40-24-12-21-36(43-40)38-26-30-15-5-10-22-37(30)44-38/h3-26H,1-2H3. The highest BCUT2D eigenvalue weighted by Gasteiger charge is 2.48. The first-order valence-corrected chi connectivity index (χ1v) is 15.8. The monoisotopic (exact) mass is 582 g/mol. The summed E-state index contributed by atoms with van der Waals surface area (Å²) in [4.78, 5) is 12.1. The van der Waals surface area contributed by atoms with E-state index in [9.17, 15) is 0 Å². The average molecular weight is 583 g/mol. The van der Waals surface area contributed by atoms with Crippen molar-refractivity contribution in [3.8, 4) is 21.7 Å². The van der Waals surface area contributed by atoms with E-state index < -0.39 is 5.41 Å². The number of allylic oxidation sites excluding steroid dienone is 1. The molecule has 44 heavy (non-hydrogen) atoms. The van der Waals surface area contributed by atoms with Crippen LogP contribution in [0.1, 0.15) is 46.3 Å². The molecule has 210 valence electrons. The van der Waals surface area contributed by atoms with Gasteiger partial charge < -0.3 is 0 Å². The van der Waals surface area contributed by atoms with Gasteiger partial charge in [0.2, 0.25) is 0 Å². The first-order chi connectivity index (χ1) is 21.6. The second-order valence-electron chi connectivity index (χ2n) is 11.5. The third-order valence-electron chi connectivity index (χ3n) is 8.86. The van der Waals surface area contributed by atoms with E-state index in [4.69, 9.17) is 9.97 Å². The summed E-state index contributed by atoms with van der Waals surface area (Å²) in [5.41, 5.74) is 11.7. The van der Waals surface area contributed by atoms with Crippen molar-refractivity contribution < 1.29 is 0 Å². The van der Waals surface area contributed by atoms with Crippen molar-refractivity contribution >= 4 is 33.1 Å². The first kappa shape index (κ1) is 26.5. The highest BCUT2D eigenvalue weighted by atomic mass is 32.1. The van der Waals surface area contributed by atoms with Crippen molar-refractivity contribution in [2.24, 2.45) is 0 Å². The molecule has 0 spiro atoms. The smallest absolute Gasteiger partial charge is 0.106 e. The topological polar surface area (TPSA) is 25.8 Å². The van der Waals surface area contributed by atoms with Crippen LogP contribution in [0.4, 0.5) is 0 Å². The Morgan fingerprint density at radius 3 is 2.02 bits per heavy atom. The summed E-state index contributed by atoms with van der Waals surface area (Å²) in [7, 11) is 0. The normalized spacial score (nSPS) is 13.5. The van der Waals surface area contributed by atoms with Gasteiger partial charge in [-0.15, -0.1) is 11.3 Å². The first-order valence-electron chi connectivity index (χ1n) is 15.0. The number of hydrogen-bond acceptors (Lipinski definition) is 3. The Labute approximate surface area is 262 Å². The second-order valence-corrected chi connectivity index (χ2v) is 12.6. The maximum absolute atomic E-state index is 5.48. The maximum Gasteiger partial charge on any atom is 0.106 e. The van der Waals surface area contributed by atoms with Gasteiger partial charge in [0.15, 0.2) is 0 Å². The van der Waals surface area contributed by atoms with Gasteiger partial charge in [-0.1, -0.05) is 103 Å². The second kappa shape index (κ2) is 10.6. The number of thiophene rings is 1. The molecule has 8 rings (SSSR count). The summed E-state index contributed by atoms with van der Waals surface area (Å²) < 4.78 is 1.27. The summed E-state index contributed by atoms with van der Waals surface area (Å²) in [6.45, 7) is 4.31. The lowest BCUT2D eigenvalue weighted by Gasteiger charge is -2.32. The Hall–Kier alpha value is -5.12. The zero-order valence-electron chi connectivity index (χ0n) is 24.7. The molecule has 0 radical (unpaired) electrons. The van der Waals surface area contributed by atoms with Gasteiger partial charge >= 0.3 is 0 Å². The Bertz CT molecular complexity index is 2140. The molecule has 3 heteroatoms. The molecule has 0 amide bonds. The number of aromatic nitrogens is 2. The van der Waals surface area contributed by atoms with Crippen LogP contribution in [-0.4, -0.2) is 9.97 Å². The lowest BCUT2D eigenvalue weighted by atomic mass is 9.72. The van der Waals surface area contributed by atoms with Crippen LogP contribution in [0.2, 0.25) is 0 Å². The molecule has 3 aromatic heterocycles. The SMILES string of the molecule is CC(=Cc1ccccc1C)c1cccc(C2(c3cccc(-c4cc5ccccc5s4)n3)c3ccccc3-c3ccccc32)n1. The predicted octanol–water partition coefficient (Wildman–Crippen LogP) is 10.6. The highest BCUT2D eigenvalue weighted by Crippen LogP contribution is 2.55. The fourth-order valence-corrected chi connectivity index (χ4v) is 7.76. The van der Waals surface area contributed by atoms with Gasteiger partial charge in [0.25, 0.3) is 0 Å². The lowest BCUT2D eigenvalue weighted by Crippen LogP contribution is -2.31. The van der Waals surface area contributed by atoms with E-state index in [-0.39, 0.29) is 0 Å². The van der Waals surface area contributed by atoms with E-state index in [1.807, 2.05) is 0 Å². The highest BCUT2D eigenvalue weighted by molar-refractivity contribution is 7.22. The zero-order valence-corrected chi connectivity index (χ0v) is 25.5. The van der Waals surface area contributed by atoms with Crippen molar-refractivity contribution in [2.75, 3.05) is 0 Å². The van der Waals surface area contributed by atoms with Crippen LogP contribution in [0.3, 0.4) is 0 Å². The predicted molar refractivity (Wildman–Crippen MR) is 185 cm³/mol. The number of hydrogen-bond donors (Lipinski definition) is 0. The van der Waals surface area contributed by atoms with Crippen molar-refractivity contribution in [3.05, 3.63) is 179 Å². The number of rotatable bonds is 5. The summed E-state index contributed by atoms with van der Waals surface area (Å²) in [6.07, 6.45) is 2.24. The van der Waals surface area contributed by atoms with Gasteiger partial charge in [0.1, 0.15) is 5.41 Å². The molecule has 4 aromatic carbocycles. The fraction of sp³-hybridized carbons (Fsp3) is 0.0732. The molecule has 0 N–H and O–H groups in total. The van der Waals surface area contributed by atoms with Gasteiger partial charge in [-0.05, 0) is 101 Å². The molecular formula is C41H30N2S. The summed E-state index contributed by atoms with van der Waals surface area (Å²) in [5.74, 6) is 0. The van der Waals surface area contributed by atoms with E-state index in [1.165, 1.54) is 48.3 Å². The fourth-order valence-electron chi connectivity index (χ4n) is 6.73.